The minimum absolute atomic E-state index is 0.133. The molecule has 1 aliphatic rings. The monoisotopic (exact) mass is 338 g/mol. The molecule has 0 aliphatic heterocycles. The van der Waals surface area contributed by atoms with E-state index in [9.17, 15) is 0 Å². The van der Waals surface area contributed by atoms with Gasteiger partial charge in [-0.3, -0.25) is 0 Å². The molecule has 1 saturated carbocycles. The van der Waals surface area contributed by atoms with Crippen LogP contribution in [0.25, 0.3) is 11.2 Å². The maximum atomic E-state index is 6.23. The number of nitrogens with one attached hydrogen (secondary N) is 3. The number of rotatable bonds is 5. The molecule has 8 nitrogen and oxygen atoms in total. The Morgan fingerprint density at radius 1 is 1.12 bits per heavy atom. The summed E-state index contributed by atoms with van der Waals surface area (Å²) in [4.78, 5) is 9.09. The zero-order chi connectivity index (χ0) is 17.1. The first-order valence-electron chi connectivity index (χ1n) is 8.68. The highest BCUT2D eigenvalue weighted by Crippen LogP contribution is 2.23. The van der Waals surface area contributed by atoms with Crippen molar-refractivity contribution in [3.05, 3.63) is 35.9 Å². The van der Waals surface area contributed by atoms with Crippen molar-refractivity contribution in [2.45, 2.75) is 44.3 Å². The molecule has 0 spiro atoms. The van der Waals surface area contributed by atoms with Crippen LogP contribution in [0.15, 0.2) is 30.3 Å². The molecule has 2 aromatic heterocycles. The first kappa shape index (κ1) is 15.8. The lowest BCUT2D eigenvalue weighted by Crippen LogP contribution is -2.43. The van der Waals surface area contributed by atoms with Crippen molar-refractivity contribution in [1.29, 1.82) is 0 Å². The Morgan fingerprint density at radius 3 is 2.80 bits per heavy atom. The summed E-state index contributed by atoms with van der Waals surface area (Å²) in [5.74, 6) is 1.21. The van der Waals surface area contributed by atoms with Crippen molar-refractivity contribution in [2.75, 3.05) is 10.6 Å². The molecule has 8 heteroatoms. The second-order valence-corrected chi connectivity index (χ2v) is 6.44. The fourth-order valence-corrected chi connectivity index (χ4v) is 3.22. The molecule has 3 aromatic rings. The van der Waals surface area contributed by atoms with Crippen molar-refractivity contribution in [3.63, 3.8) is 0 Å². The van der Waals surface area contributed by atoms with Crippen LogP contribution in [0.1, 0.15) is 31.2 Å². The van der Waals surface area contributed by atoms with Gasteiger partial charge in [0.2, 0.25) is 5.95 Å². The maximum absolute atomic E-state index is 6.23. The fourth-order valence-electron chi connectivity index (χ4n) is 3.22. The number of aromatic nitrogens is 5. The molecule has 1 fully saturated rings. The Labute approximate surface area is 145 Å². The predicted octanol–water partition coefficient (Wildman–Crippen LogP) is 2.04. The van der Waals surface area contributed by atoms with Crippen LogP contribution < -0.4 is 16.4 Å². The summed E-state index contributed by atoms with van der Waals surface area (Å²) >= 11 is 0. The number of anilines is 2. The molecule has 25 heavy (non-hydrogen) atoms. The molecule has 2 atom stereocenters. The van der Waals surface area contributed by atoms with Crippen molar-refractivity contribution < 1.29 is 0 Å². The Bertz CT molecular complexity index is 831. The summed E-state index contributed by atoms with van der Waals surface area (Å²) in [6, 6.07) is 10.5. The highest BCUT2D eigenvalue weighted by molar-refractivity contribution is 5.82. The van der Waals surface area contributed by atoms with Gasteiger partial charge in [0.25, 0.3) is 0 Å². The van der Waals surface area contributed by atoms with E-state index in [0.717, 1.165) is 12.8 Å². The number of nitrogens with zero attached hydrogens (tertiary/aromatic N) is 4. The lowest BCUT2D eigenvalue weighted by Gasteiger charge is -2.29. The Kier molecular flexibility index (Phi) is 4.43. The van der Waals surface area contributed by atoms with E-state index in [0.29, 0.717) is 29.5 Å². The summed E-state index contributed by atoms with van der Waals surface area (Å²) in [6.45, 7) is 0.655. The molecule has 1 aliphatic carbocycles. The molecule has 2 heterocycles. The Balaban J connectivity index is 1.56. The third-order valence-corrected chi connectivity index (χ3v) is 4.63. The van der Waals surface area contributed by atoms with E-state index in [1.807, 2.05) is 18.2 Å². The molecular weight excluding hydrogens is 316 g/mol. The van der Waals surface area contributed by atoms with Crippen LogP contribution in [-0.2, 0) is 6.54 Å². The van der Waals surface area contributed by atoms with E-state index >= 15 is 0 Å². The highest BCUT2D eigenvalue weighted by Gasteiger charge is 2.23. The summed E-state index contributed by atoms with van der Waals surface area (Å²) < 4.78 is 0. The van der Waals surface area contributed by atoms with Gasteiger partial charge in [0.1, 0.15) is 0 Å². The zero-order valence-corrected chi connectivity index (χ0v) is 13.9. The Morgan fingerprint density at radius 2 is 1.96 bits per heavy atom. The smallest absolute Gasteiger partial charge is 0.227 e. The van der Waals surface area contributed by atoms with E-state index in [4.69, 9.17) is 5.73 Å². The molecule has 1 aromatic carbocycles. The number of nitrogens with two attached hydrogens (primary N) is 1. The van der Waals surface area contributed by atoms with Gasteiger partial charge in [-0.1, -0.05) is 48.4 Å². The first-order valence-corrected chi connectivity index (χ1v) is 8.68. The number of hydrogen-bond acceptors (Lipinski definition) is 7. The van der Waals surface area contributed by atoms with Gasteiger partial charge in [-0.15, -0.1) is 5.10 Å². The third-order valence-electron chi connectivity index (χ3n) is 4.63. The summed E-state index contributed by atoms with van der Waals surface area (Å²) in [5.41, 5.74) is 8.64. The van der Waals surface area contributed by atoms with Crippen LogP contribution >= 0.6 is 0 Å². The predicted molar refractivity (Wildman–Crippen MR) is 97.1 cm³/mol. The lowest BCUT2D eigenvalue weighted by molar-refractivity contribution is 0.402. The summed E-state index contributed by atoms with van der Waals surface area (Å²) in [7, 11) is 0. The van der Waals surface area contributed by atoms with E-state index in [2.05, 4.69) is 48.1 Å². The number of hydrogen-bond donors (Lipinski definition) is 4. The number of aromatic amines is 1. The van der Waals surface area contributed by atoms with Crippen molar-refractivity contribution >= 4 is 22.9 Å². The second-order valence-electron chi connectivity index (χ2n) is 6.44. The van der Waals surface area contributed by atoms with Gasteiger partial charge in [0.15, 0.2) is 17.0 Å². The van der Waals surface area contributed by atoms with Gasteiger partial charge >= 0.3 is 0 Å². The quantitative estimate of drug-likeness (QED) is 0.562. The number of H-pyrrole nitrogens is 1. The SMILES string of the molecule is NC1CCCCC1Nc1nc(NCc2ccccc2)c2nn[nH]c2n1. The lowest BCUT2D eigenvalue weighted by atomic mass is 9.91. The van der Waals surface area contributed by atoms with Crippen LogP contribution in [0.3, 0.4) is 0 Å². The van der Waals surface area contributed by atoms with Gasteiger partial charge in [-0.25, -0.2) is 5.10 Å². The van der Waals surface area contributed by atoms with E-state index < -0.39 is 0 Å². The van der Waals surface area contributed by atoms with Crippen molar-refractivity contribution in [1.82, 2.24) is 25.4 Å². The third kappa shape index (κ3) is 3.53. The van der Waals surface area contributed by atoms with Gasteiger partial charge in [-0.05, 0) is 18.4 Å². The standard InChI is InChI=1S/C17H22N8/c18-12-8-4-5-9-13(12)20-17-21-15(14-16(22-17)24-25-23-14)19-10-11-6-2-1-3-7-11/h1-3,6-7,12-13H,4-5,8-10,18H2,(H3,19,20,21,22,23,24,25). The summed E-state index contributed by atoms with van der Waals surface area (Å²) in [5, 5.41) is 17.5. The van der Waals surface area contributed by atoms with Gasteiger partial charge < -0.3 is 16.4 Å². The van der Waals surface area contributed by atoms with Crippen LogP contribution in [0, 0.1) is 0 Å². The van der Waals surface area contributed by atoms with E-state index in [1.165, 1.54) is 18.4 Å². The maximum Gasteiger partial charge on any atom is 0.227 e. The van der Waals surface area contributed by atoms with Crippen LogP contribution in [0.2, 0.25) is 0 Å². The van der Waals surface area contributed by atoms with Crippen LogP contribution in [0.5, 0.6) is 0 Å². The molecule has 130 valence electrons. The molecule has 4 rings (SSSR count). The van der Waals surface area contributed by atoms with Gasteiger partial charge in [-0.2, -0.15) is 9.97 Å². The molecule has 2 unspecified atom stereocenters. The topological polar surface area (TPSA) is 117 Å². The number of benzene rings is 1. The average Bonchev–Trinajstić information content (AvgIpc) is 3.11. The van der Waals surface area contributed by atoms with Crippen molar-refractivity contribution in [3.8, 4) is 0 Å². The van der Waals surface area contributed by atoms with Gasteiger partial charge in [0, 0.05) is 18.6 Å². The molecular formula is C17H22N8. The number of fused-ring (bicyclic) bond motifs is 1. The largest absolute Gasteiger partial charge is 0.364 e. The molecule has 0 saturated heterocycles. The van der Waals surface area contributed by atoms with Crippen LogP contribution in [0.4, 0.5) is 11.8 Å². The second kappa shape index (κ2) is 7.02. The first-order chi connectivity index (χ1) is 12.3. The molecule has 0 radical (unpaired) electrons. The van der Waals surface area contributed by atoms with Crippen LogP contribution in [-0.4, -0.2) is 37.5 Å². The fraction of sp³-hybridized carbons (Fsp3) is 0.412. The normalized spacial score (nSPS) is 20.5. The Hall–Kier alpha value is -2.74. The minimum Gasteiger partial charge on any atom is -0.364 e. The highest BCUT2D eigenvalue weighted by atomic mass is 15.4. The zero-order valence-electron chi connectivity index (χ0n) is 13.9. The molecule has 5 N–H and O–H groups in total. The molecule has 0 bridgehead atoms. The molecule has 0 amide bonds. The van der Waals surface area contributed by atoms with E-state index in [-0.39, 0.29) is 12.1 Å². The van der Waals surface area contributed by atoms with E-state index in [1.54, 1.807) is 0 Å². The summed E-state index contributed by atoms with van der Waals surface area (Å²) in [6.07, 6.45) is 4.44. The van der Waals surface area contributed by atoms with Crippen molar-refractivity contribution in [2.24, 2.45) is 5.73 Å². The average molecular weight is 338 g/mol. The van der Waals surface area contributed by atoms with Gasteiger partial charge in [0.05, 0.1) is 0 Å². The minimum atomic E-state index is 0.133.